The van der Waals surface area contributed by atoms with Gasteiger partial charge in [0.25, 0.3) is 0 Å². The van der Waals surface area contributed by atoms with Crippen LogP contribution in [0, 0.1) is 6.92 Å². The molecule has 0 bridgehead atoms. The fourth-order valence-electron chi connectivity index (χ4n) is 2.87. The van der Waals surface area contributed by atoms with Crippen molar-refractivity contribution in [3.63, 3.8) is 0 Å². The van der Waals surface area contributed by atoms with Gasteiger partial charge in [-0.25, -0.2) is 4.98 Å². The van der Waals surface area contributed by atoms with Crippen LogP contribution in [0.4, 0.5) is 18.9 Å². The number of rotatable bonds is 7. The van der Waals surface area contributed by atoms with E-state index in [1.54, 1.807) is 12.5 Å². The second kappa shape index (κ2) is 9.53. The van der Waals surface area contributed by atoms with Gasteiger partial charge < -0.3 is 19.2 Å². The van der Waals surface area contributed by atoms with Crippen LogP contribution in [-0.4, -0.2) is 26.1 Å². The van der Waals surface area contributed by atoms with Crippen molar-refractivity contribution in [2.45, 2.75) is 32.6 Å². The zero-order valence-corrected chi connectivity index (χ0v) is 17.7. The Morgan fingerprint density at radius 2 is 2.10 bits per heavy atom. The van der Waals surface area contributed by atoms with E-state index in [4.69, 9.17) is 28.2 Å². The van der Waals surface area contributed by atoms with Crippen molar-refractivity contribution in [1.82, 2.24) is 14.5 Å². The Hall–Kier alpha value is -2.52. The van der Waals surface area contributed by atoms with Gasteiger partial charge in [-0.1, -0.05) is 11.6 Å². The minimum absolute atomic E-state index is 0.103. The number of aromatic nitrogens is 2. The lowest BCUT2D eigenvalue weighted by Crippen LogP contribution is -2.35. The summed E-state index contributed by atoms with van der Waals surface area (Å²) in [5, 5.41) is 3.27. The molecular weight excluding hydrogens is 437 g/mol. The first-order valence-electron chi connectivity index (χ1n) is 9.16. The van der Waals surface area contributed by atoms with Gasteiger partial charge in [-0.3, -0.25) is 0 Å². The van der Waals surface area contributed by atoms with Crippen LogP contribution in [0.5, 0.6) is 0 Å². The maximum atomic E-state index is 13.1. The first-order chi connectivity index (χ1) is 14.2. The van der Waals surface area contributed by atoms with E-state index in [9.17, 15) is 13.2 Å². The number of nitrogens with one attached hydrogen (secondary N) is 1. The largest absolute Gasteiger partial charge is 0.464 e. The summed E-state index contributed by atoms with van der Waals surface area (Å²) in [5.74, 6) is 1.47. The monoisotopic (exact) mass is 456 g/mol. The van der Waals surface area contributed by atoms with Gasteiger partial charge in [-0.2, -0.15) is 13.2 Å². The molecule has 3 rings (SSSR count). The average molecular weight is 457 g/mol. The highest BCUT2D eigenvalue weighted by Crippen LogP contribution is 2.34. The first-order valence-corrected chi connectivity index (χ1v) is 9.95. The van der Waals surface area contributed by atoms with Crippen LogP contribution >= 0.6 is 23.8 Å². The van der Waals surface area contributed by atoms with Gasteiger partial charge in [-0.05, 0) is 55.9 Å². The lowest BCUT2D eigenvalue weighted by molar-refractivity contribution is -0.137. The number of benzene rings is 1. The molecule has 0 amide bonds. The molecule has 160 valence electrons. The SMILES string of the molecule is Cc1ccc(CN(CCCn2ccnc2)C(=S)Nc2cc(C(F)(F)F)ccc2Cl)o1. The van der Waals surface area contributed by atoms with Gasteiger partial charge in [0.2, 0.25) is 0 Å². The highest BCUT2D eigenvalue weighted by molar-refractivity contribution is 7.80. The van der Waals surface area contributed by atoms with Gasteiger partial charge in [-0.15, -0.1) is 0 Å². The normalized spacial score (nSPS) is 11.5. The molecule has 2 aromatic heterocycles. The molecule has 0 atom stereocenters. The minimum Gasteiger partial charge on any atom is -0.464 e. The van der Waals surface area contributed by atoms with Gasteiger partial charge in [0.1, 0.15) is 11.5 Å². The lowest BCUT2D eigenvalue weighted by atomic mass is 10.2. The van der Waals surface area contributed by atoms with E-state index < -0.39 is 11.7 Å². The third kappa shape index (κ3) is 5.99. The number of aryl methyl sites for hydroxylation is 2. The molecule has 0 saturated carbocycles. The van der Waals surface area contributed by atoms with E-state index >= 15 is 0 Å². The molecule has 10 heteroatoms. The molecule has 0 radical (unpaired) electrons. The smallest absolute Gasteiger partial charge is 0.416 e. The molecule has 0 spiro atoms. The van der Waals surface area contributed by atoms with E-state index in [1.165, 1.54) is 6.07 Å². The van der Waals surface area contributed by atoms with E-state index in [0.717, 1.165) is 30.9 Å². The highest BCUT2D eigenvalue weighted by atomic mass is 35.5. The lowest BCUT2D eigenvalue weighted by Gasteiger charge is -2.26. The molecule has 0 aliphatic rings. The third-order valence-corrected chi connectivity index (χ3v) is 5.06. The van der Waals surface area contributed by atoms with Crippen molar-refractivity contribution in [3.8, 4) is 0 Å². The van der Waals surface area contributed by atoms with Gasteiger partial charge in [0.05, 0.1) is 29.1 Å². The van der Waals surface area contributed by atoms with Crippen molar-refractivity contribution < 1.29 is 17.6 Å². The Balaban J connectivity index is 1.73. The molecule has 2 heterocycles. The highest BCUT2D eigenvalue weighted by Gasteiger charge is 2.31. The Kier molecular flexibility index (Phi) is 7.04. The summed E-state index contributed by atoms with van der Waals surface area (Å²) in [6, 6.07) is 6.78. The molecule has 30 heavy (non-hydrogen) atoms. The van der Waals surface area contributed by atoms with Crippen molar-refractivity contribution in [2.24, 2.45) is 0 Å². The Morgan fingerprint density at radius 1 is 1.30 bits per heavy atom. The summed E-state index contributed by atoms with van der Waals surface area (Å²) in [6.07, 6.45) is 1.55. The number of nitrogens with zero attached hydrogens (tertiary/aromatic N) is 3. The summed E-state index contributed by atoms with van der Waals surface area (Å²) in [7, 11) is 0. The van der Waals surface area contributed by atoms with Gasteiger partial charge in [0, 0.05) is 25.5 Å². The van der Waals surface area contributed by atoms with E-state index in [-0.39, 0.29) is 15.8 Å². The molecule has 0 aliphatic heterocycles. The van der Waals surface area contributed by atoms with E-state index in [0.29, 0.717) is 18.8 Å². The molecule has 5 nitrogen and oxygen atoms in total. The van der Waals surface area contributed by atoms with Crippen LogP contribution in [0.3, 0.4) is 0 Å². The topological polar surface area (TPSA) is 46.2 Å². The van der Waals surface area contributed by atoms with Gasteiger partial charge >= 0.3 is 6.18 Å². The molecular formula is C20H20ClF3N4OS. The second-order valence-electron chi connectivity index (χ2n) is 6.71. The number of hydrogen-bond donors (Lipinski definition) is 1. The van der Waals surface area contributed by atoms with Crippen molar-refractivity contribution in [1.29, 1.82) is 0 Å². The molecule has 1 aromatic carbocycles. The molecule has 0 fully saturated rings. The maximum Gasteiger partial charge on any atom is 0.416 e. The number of imidazole rings is 1. The third-order valence-electron chi connectivity index (χ3n) is 4.37. The average Bonchev–Trinajstić information content (AvgIpc) is 3.33. The van der Waals surface area contributed by atoms with Crippen molar-refractivity contribution >= 4 is 34.6 Å². The Bertz CT molecular complexity index is 988. The molecule has 0 aliphatic carbocycles. The summed E-state index contributed by atoms with van der Waals surface area (Å²) >= 11 is 11.6. The predicted octanol–water partition coefficient (Wildman–Crippen LogP) is 5.75. The number of halogens is 4. The number of hydrogen-bond acceptors (Lipinski definition) is 3. The minimum atomic E-state index is -4.47. The molecule has 0 saturated heterocycles. The van der Waals surface area contributed by atoms with Crippen LogP contribution in [0.25, 0.3) is 0 Å². The van der Waals surface area contributed by atoms with Crippen molar-refractivity contribution in [2.75, 3.05) is 11.9 Å². The summed E-state index contributed by atoms with van der Waals surface area (Å²) < 4.78 is 46.7. The zero-order chi connectivity index (χ0) is 21.7. The number of thiocarbonyl (C=S) groups is 1. The second-order valence-corrected chi connectivity index (χ2v) is 7.50. The quantitative estimate of drug-likeness (QED) is 0.459. The van der Waals surface area contributed by atoms with E-state index in [1.807, 2.05) is 34.7 Å². The molecule has 3 aromatic rings. The van der Waals surface area contributed by atoms with E-state index in [2.05, 4.69) is 10.3 Å². The predicted molar refractivity (Wildman–Crippen MR) is 113 cm³/mol. The fraction of sp³-hybridized carbons (Fsp3) is 0.300. The van der Waals surface area contributed by atoms with Crippen LogP contribution in [-0.2, 0) is 19.3 Å². The summed E-state index contributed by atoms with van der Waals surface area (Å²) in [5.41, 5.74) is -0.697. The number of alkyl halides is 3. The molecule has 1 N–H and O–H groups in total. The molecule has 0 unspecified atom stereocenters. The van der Waals surface area contributed by atoms with Crippen LogP contribution in [0.2, 0.25) is 5.02 Å². The standard InChI is InChI=1S/C20H20ClF3N4OS/c1-14-3-5-16(29-14)12-28(9-2-8-27-10-7-25-13-27)19(30)26-18-11-15(20(22,23)24)4-6-17(18)21/h3-7,10-11,13H,2,8-9,12H2,1H3,(H,26,30). The number of furan rings is 1. The first kappa shape index (κ1) is 22.2. The zero-order valence-electron chi connectivity index (χ0n) is 16.1. The number of anilines is 1. The summed E-state index contributed by atoms with van der Waals surface area (Å²) in [4.78, 5) is 5.84. The van der Waals surface area contributed by atoms with Gasteiger partial charge in [0.15, 0.2) is 5.11 Å². The van der Waals surface area contributed by atoms with Crippen LogP contribution in [0.15, 0.2) is 53.5 Å². The van der Waals surface area contributed by atoms with Crippen molar-refractivity contribution in [3.05, 3.63) is 71.2 Å². The van der Waals surface area contributed by atoms with Crippen LogP contribution < -0.4 is 5.32 Å². The Labute approximate surface area is 182 Å². The maximum absolute atomic E-state index is 13.1. The summed E-state index contributed by atoms with van der Waals surface area (Å²) in [6.45, 7) is 3.49. The van der Waals surface area contributed by atoms with Crippen LogP contribution in [0.1, 0.15) is 23.5 Å². The Morgan fingerprint density at radius 3 is 2.73 bits per heavy atom. The fourth-order valence-corrected chi connectivity index (χ4v) is 3.30.